The number of hydrogen-bond acceptors (Lipinski definition) is 6. The molecule has 2 aromatic carbocycles. The minimum absolute atomic E-state index is 0.0330. The van der Waals surface area contributed by atoms with E-state index < -0.39 is 42.0 Å². The molecule has 1 N–H and O–H groups in total. The molecule has 6 nitrogen and oxygen atoms in total. The van der Waals surface area contributed by atoms with Crippen LogP contribution in [0, 0.1) is 23.7 Å². The van der Waals surface area contributed by atoms with Crippen molar-refractivity contribution in [2.75, 3.05) is 6.61 Å². The summed E-state index contributed by atoms with van der Waals surface area (Å²) >= 11 is 0. The van der Waals surface area contributed by atoms with Gasteiger partial charge in [-0.1, -0.05) is 57.2 Å². The lowest BCUT2D eigenvalue weighted by Crippen LogP contribution is -2.62. The van der Waals surface area contributed by atoms with Gasteiger partial charge in [0.25, 0.3) is 0 Å². The first kappa shape index (κ1) is 25.0. The number of esters is 2. The first-order valence-electron chi connectivity index (χ1n) is 13.1. The summed E-state index contributed by atoms with van der Waals surface area (Å²) in [6.07, 6.45) is 4.72. The number of carbonyl (C=O) groups is 2. The molecule has 1 saturated carbocycles. The van der Waals surface area contributed by atoms with Crippen LogP contribution >= 0.6 is 0 Å². The van der Waals surface area contributed by atoms with Crippen molar-refractivity contribution in [3.63, 3.8) is 0 Å². The Morgan fingerprint density at radius 3 is 2.61 bits per heavy atom. The summed E-state index contributed by atoms with van der Waals surface area (Å²) < 4.78 is 18.8. The normalized spacial score (nSPS) is 35.3. The van der Waals surface area contributed by atoms with Crippen molar-refractivity contribution in [3.8, 4) is 0 Å². The molecule has 2 saturated heterocycles. The third-order valence-electron chi connectivity index (χ3n) is 8.98. The Bertz CT molecular complexity index is 1190. The van der Waals surface area contributed by atoms with Crippen molar-refractivity contribution in [1.29, 1.82) is 0 Å². The summed E-state index contributed by atoms with van der Waals surface area (Å²) in [5, 5.41) is 11.6. The van der Waals surface area contributed by atoms with Crippen LogP contribution in [0.2, 0.25) is 0 Å². The van der Waals surface area contributed by atoms with Crippen LogP contribution in [-0.2, 0) is 23.8 Å². The van der Waals surface area contributed by atoms with Gasteiger partial charge < -0.3 is 19.3 Å². The van der Waals surface area contributed by atoms with Gasteiger partial charge in [-0.15, -0.1) is 0 Å². The third-order valence-corrected chi connectivity index (χ3v) is 8.98. The van der Waals surface area contributed by atoms with Crippen LogP contribution in [-0.4, -0.2) is 47.1 Å². The summed E-state index contributed by atoms with van der Waals surface area (Å²) in [5.74, 6) is -0.445. The van der Waals surface area contributed by atoms with Crippen LogP contribution < -0.4 is 0 Å². The molecule has 1 aliphatic carbocycles. The van der Waals surface area contributed by atoms with Gasteiger partial charge in [-0.25, -0.2) is 9.59 Å². The Hall–Kier alpha value is -2.70. The highest BCUT2D eigenvalue weighted by atomic mass is 16.6. The van der Waals surface area contributed by atoms with E-state index in [9.17, 15) is 14.7 Å². The number of hydrogen-bond donors (Lipinski definition) is 1. The highest BCUT2D eigenvalue weighted by molar-refractivity contribution is 5.89. The molecular formula is C30H36O6. The van der Waals surface area contributed by atoms with E-state index in [0.29, 0.717) is 12.3 Å². The molecule has 5 rings (SSSR count). The quantitative estimate of drug-likeness (QED) is 0.455. The third kappa shape index (κ3) is 4.04. The van der Waals surface area contributed by atoms with Gasteiger partial charge in [-0.05, 0) is 66.0 Å². The number of aliphatic hydroxyl groups excluding tert-OH is 1. The molecule has 3 aliphatic rings. The smallest absolute Gasteiger partial charge is 0.332 e. The molecule has 2 bridgehead atoms. The minimum atomic E-state index is -0.763. The number of fused-ring (bicyclic) bond motifs is 5. The fraction of sp³-hybridized carbons (Fsp3) is 0.533. The molecule has 192 valence electrons. The highest BCUT2D eigenvalue weighted by Crippen LogP contribution is 2.63. The Balaban J connectivity index is 1.43. The monoisotopic (exact) mass is 492 g/mol. The number of rotatable bonds is 6. The molecule has 3 fully saturated rings. The molecule has 0 aromatic heterocycles. The summed E-state index contributed by atoms with van der Waals surface area (Å²) in [6.45, 7) is 7.72. The molecular weight excluding hydrogens is 456 g/mol. The van der Waals surface area contributed by atoms with Crippen LogP contribution in [0.1, 0.15) is 52.5 Å². The van der Waals surface area contributed by atoms with Gasteiger partial charge in [0.15, 0.2) is 0 Å². The minimum Gasteiger partial charge on any atom is -0.457 e. The van der Waals surface area contributed by atoms with Crippen LogP contribution in [0.5, 0.6) is 0 Å². The van der Waals surface area contributed by atoms with Crippen molar-refractivity contribution < 1.29 is 28.9 Å². The Kier molecular flexibility index (Phi) is 6.46. The van der Waals surface area contributed by atoms with E-state index in [1.807, 2.05) is 31.2 Å². The summed E-state index contributed by atoms with van der Waals surface area (Å²) in [5.41, 5.74) is -0.504. The van der Waals surface area contributed by atoms with Crippen LogP contribution in [0.3, 0.4) is 0 Å². The van der Waals surface area contributed by atoms with Gasteiger partial charge in [0.2, 0.25) is 0 Å². The lowest BCUT2D eigenvalue weighted by atomic mass is 9.69. The molecule has 36 heavy (non-hydrogen) atoms. The Labute approximate surface area is 212 Å². The molecule has 0 radical (unpaired) electrons. The Morgan fingerprint density at radius 2 is 1.89 bits per heavy atom. The highest BCUT2D eigenvalue weighted by Gasteiger charge is 2.72. The van der Waals surface area contributed by atoms with Crippen LogP contribution in [0.15, 0.2) is 48.5 Å². The van der Waals surface area contributed by atoms with E-state index in [0.717, 1.165) is 29.2 Å². The molecule has 0 spiro atoms. The average molecular weight is 493 g/mol. The summed E-state index contributed by atoms with van der Waals surface area (Å²) in [4.78, 5) is 25.3. The number of benzene rings is 2. The average Bonchev–Trinajstić information content (AvgIpc) is 3.38. The number of carbonyl (C=O) groups excluding carboxylic acids is 2. The van der Waals surface area contributed by atoms with Crippen molar-refractivity contribution in [1.82, 2.24) is 0 Å². The van der Waals surface area contributed by atoms with Crippen molar-refractivity contribution in [2.45, 2.75) is 70.4 Å². The fourth-order valence-electron chi connectivity index (χ4n) is 7.08. The van der Waals surface area contributed by atoms with Gasteiger partial charge >= 0.3 is 11.9 Å². The molecule has 0 amide bonds. The van der Waals surface area contributed by atoms with Crippen molar-refractivity contribution >= 4 is 28.8 Å². The number of aliphatic hydroxyl groups is 1. The molecule has 2 aliphatic heterocycles. The molecule has 2 heterocycles. The zero-order valence-electron chi connectivity index (χ0n) is 21.5. The lowest BCUT2D eigenvalue weighted by molar-refractivity contribution is -0.264. The fourth-order valence-corrected chi connectivity index (χ4v) is 7.08. The first-order valence-corrected chi connectivity index (χ1v) is 13.1. The molecule has 3 unspecified atom stereocenters. The first-order chi connectivity index (χ1) is 17.2. The van der Waals surface area contributed by atoms with Gasteiger partial charge in [0.1, 0.15) is 30.0 Å². The lowest BCUT2D eigenvalue weighted by Gasteiger charge is -2.52. The van der Waals surface area contributed by atoms with Crippen LogP contribution in [0.4, 0.5) is 0 Å². The van der Waals surface area contributed by atoms with E-state index in [1.54, 1.807) is 6.08 Å². The molecule has 7 atom stereocenters. The molecule has 6 heteroatoms. The van der Waals surface area contributed by atoms with E-state index in [-0.39, 0.29) is 17.8 Å². The maximum Gasteiger partial charge on any atom is 0.332 e. The van der Waals surface area contributed by atoms with Gasteiger partial charge in [0, 0.05) is 18.4 Å². The summed E-state index contributed by atoms with van der Waals surface area (Å²) in [6, 6.07) is 14.2. The van der Waals surface area contributed by atoms with E-state index in [4.69, 9.17) is 14.2 Å². The van der Waals surface area contributed by atoms with Gasteiger partial charge in [-0.2, -0.15) is 0 Å². The maximum absolute atomic E-state index is 13.2. The zero-order chi connectivity index (χ0) is 25.7. The van der Waals surface area contributed by atoms with Crippen LogP contribution in [0.25, 0.3) is 16.8 Å². The van der Waals surface area contributed by atoms with Gasteiger partial charge in [0.05, 0.1) is 0 Å². The van der Waals surface area contributed by atoms with Crippen molar-refractivity contribution in [2.24, 2.45) is 23.7 Å². The summed E-state index contributed by atoms with van der Waals surface area (Å²) in [7, 11) is 0. The zero-order valence-corrected chi connectivity index (χ0v) is 21.5. The standard InChI is InChI=1S/C30H36O6/c1-18(2)30-16-24(34-26(33)17-31)29(4,36-30)23-13-9-19(3)27(23)28(30)35-25(32)14-11-20-10-12-21-7-5-6-8-22(21)15-20/h5-8,10-12,14-15,18-19,23-24,27-28,31H,9,13,16-17H2,1-4H3/b14-11+/t19-,23?,24?,27?,28+,29-,30+/m1/s1. The predicted molar refractivity (Wildman–Crippen MR) is 137 cm³/mol. The second-order valence-electron chi connectivity index (χ2n) is 11.3. The van der Waals surface area contributed by atoms with E-state index >= 15 is 0 Å². The predicted octanol–water partition coefficient (Wildman–Crippen LogP) is 4.92. The largest absolute Gasteiger partial charge is 0.457 e. The SMILES string of the molecule is CC(C)[C@]12CC(OC(=O)CO)[C@](C)(O1)C1CC[C@@H](C)C1[C@@H]2OC(=O)/C=C/c1ccc2ccccc2c1. The topological polar surface area (TPSA) is 82.1 Å². The van der Waals surface area contributed by atoms with Gasteiger partial charge in [-0.3, -0.25) is 0 Å². The van der Waals surface area contributed by atoms with E-state index in [2.05, 4.69) is 39.0 Å². The second-order valence-corrected chi connectivity index (χ2v) is 11.3. The number of ether oxygens (including phenoxy) is 3. The van der Waals surface area contributed by atoms with E-state index in [1.165, 1.54) is 6.08 Å². The van der Waals surface area contributed by atoms with Crippen molar-refractivity contribution in [3.05, 3.63) is 54.1 Å². The second kappa shape index (κ2) is 9.31. The maximum atomic E-state index is 13.2. The molecule has 2 aromatic rings. The Morgan fingerprint density at radius 1 is 1.14 bits per heavy atom.